The van der Waals surface area contributed by atoms with Crippen molar-refractivity contribution in [3.05, 3.63) is 71.4 Å². The molecule has 2 heterocycles. The largest absolute Gasteiger partial charge is 0.457 e. The smallest absolute Gasteiger partial charge is 0.237 e. The number of carbonyl (C=O) groups is 1. The number of nitrogens with zero attached hydrogens (tertiary/aromatic N) is 2. The van der Waals surface area contributed by atoms with Crippen LogP contribution in [0.5, 0.6) is 11.5 Å². The van der Waals surface area contributed by atoms with Crippen molar-refractivity contribution >= 4 is 11.7 Å². The second-order valence-corrected chi connectivity index (χ2v) is 6.22. The zero-order valence-corrected chi connectivity index (χ0v) is 14.3. The molecule has 0 fully saturated rings. The number of amides is 1. The second kappa shape index (κ2) is 6.65. The van der Waals surface area contributed by atoms with Gasteiger partial charge in [-0.15, -0.1) is 0 Å². The van der Waals surface area contributed by atoms with Gasteiger partial charge in [0.15, 0.2) is 0 Å². The summed E-state index contributed by atoms with van der Waals surface area (Å²) in [6.07, 6.45) is 0. The minimum atomic E-state index is -0.478. The molecule has 26 heavy (non-hydrogen) atoms. The molecular weight excluding hydrogens is 330 g/mol. The van der Waals surface area contributed by atoms with Crippen LogP contribution in [0, 0.1) is 6.92 Å². The molecule has 1 aromatic heterocycles. The normalized spacial score (nSPS) is 12.8. The van der Waals surface area contributed by atoms with Crippen molar-refractivity contribution in [1.82, 2.24) is 9.78 Å². The van der Waals surface area contributed by atoms with Gasteiger partial charge < -0.3 is 15.2 Å². The topological polar surface area (TPSA) is 76.4 Å². The molecule has 0 bridgehead atoms. The Bertz CT molecular complexity index is 919. The molecule has 0 radical (unpaired) electrons. The Morgan fingerprint density at radius 1 is 1.15 bits per heavy atom. The van der Waals surface area contributed by atoms with Gasteiger partial charge in [-0.2, -0.15) is 5.10 Å². The van der Waals surface area contributed by atoms with Crippen molar-refractivity contribution in [2.24, 2.45) is 0 Å². The molecule has 0 unspecified atom stereocenters. The monoisotopic (exact) mass is 349 g/mol. The van der Waals surface area contributed by atoms with Crippen molar-refractivity contribution in [3.8, 4) is 11.5 Å². The predicted octanol–water partition coefficient (Wildman–Crippen LogP) is 3.06. The zero-order valence-electron chi connectivity index (χ0n) is 14.3. The number of aliphatic hydroxyl groups is 1. The van der Waals surface area contributed by atoms with Crippen LogP contribution in [0.1, 0.15) is 22.7 Å². The number of ether oxygens (including phenoxy) is 1. The minimum Gasteiger partial charge on any atom is -0.457 e. The van der Waals surface area contributed by atoms with E-state index in [2.05, 4.69) is 10.4 Å². The molecule has 4 rings (SSSR count). The Morgan fingerprint density at radius 3 is 2.38 bits per heavy atom. The number of rotatable bonds is 4. The summed E-state index contributed by atoms with van der Waals surface area (Å²) in [5.41, 5.74) is 2.43. The number of carbonyl (C=O) groups excluding carboxylic acids is 1. The molecule has 1 aliphatic heterocycles. The van der Waals surface area contributed by atoms with Gasteiger partial charge in [-0.1, -0.05) is 36.4 Å². The van der Waals surface area contributed by atoms with Crippen LogP contribution >= 0.6 is 0 Å². The first-order chi connectivity index (χ1) is 12.7. The summed E-state index contributed by atoms with van der Waals surface area (Å²) in [6.45, 7) is 2.12. The highest BCUT2D eigenvalue weighted by molar-refractivity contribution is 5.99. The van der Waals surface area contributed by atoms with Gasteiger partial charge in [0.2, 0.25) is 5.91 Å². The Hall–Kier alpha value is -3.12. The van der Waals surface area contributed by atoms with Crippen LogP contribution in [-0.4, -0.2) is 27.4 Å². The molecule has 0 saturated heterocycles. The third-order valence-electron chi connectivity index (χ3n) is 4.41. The van der Waals surface area contributed by atoms with Crippen LogP contribution in [0.3, 0.4) is 0 Å². The van der Waals surface area contributed by atoms with Crippen molar-refractivity contribution in [2.45, 2.75) is 19.4 Å². The number of hydrogen-bond acceptors (Lipinski definition) is 4. The maximum absolute atomic E-state index is 13.2. The van der Waals surface area contributed by atoms with E-state index in [-0.39, 0.29) is 12.5 Å². The maximum atomic E-state index is 13.2. The third-order valence-corrected chi connectivity index (χ3v) is 4.41. The molecule has 0 saturated carbocycles. The Kier molecular flexibility index (Phi) is 4.18. The number of fused-ring (bicyclic) bond motifs is 2. The van der Waals surface area contributed by atoms with Gasteiger partial charge in [0.05, 0.1) is 24.8 Å². The van der Waals surface area contributed by atoms with Gasteiger partial charge in [0.25, 0.3) is 0 Å². The molecule has 2 N–H and O–H groups in total. The Balaban J connectivity index is 1.72. The number of para-hydroxylation sites is 2. The first-order valence-electron chi connectivity index (χ1n) is 8.49. The first kappa shape index (κ1) is 16.4. The summed E-state index contributed by atoms with van der Waals surface area (Å²) < 4.78 is 7.55. The van der Waals surface area contributed by atoms with Gasteiger partial charge in [-0.25, -0.2) is 4.68 Å². The number of aryl methyl sites for hydroxylation is 1. The lowest BCUT2D eigenvalue weighted by Gasteiger charge is -2.27. The second-order valence-electron chi connectivity index (χ2n) is 6.22. The molecule has 6 nitrogen and oxygen atoms in total. The average Bonchev–Trinajstić information content (AvgIpc) is 2.98. The van der Waals surface area contributed by atoms with Crippen LogP contribution in [0.4, 0.5) is 5.82 Å². The molecule has 1 amide bonds. The fourth-order valence-electron chi connectivity index (χ4n) is 3.30. The zero-order chi connectivity index (χ0) is 18.1. The molecular formula is C20H19N3O3. The van der Waals surface area contributed by atoms with E-state index < -0.39 is 5.92 Å². The summed E-state index contributed by atoms with van der Waals surface area (Å²) in [7, 11) is 0. The van der Waals surface area contributed by atoms with Crippen LogP contribution in [-0.2, 0) is 11.3 Å². The lowest BCUT2D eigenvalue weighted by atomic mass is 9.87. The van der Waals surface area contributed by atoms with Crippen molar-refractivity contribution in [1.29, 1.82) is 0 Å². The van der Waals surface area contributed by atoms with E-state index in [0.29, 0.717) is 23.9 Å². The van der Waals surface area contributed by atoms with Crippen molar-refractivity contribution in [2.75, 3.05) is 11.9 Å². The molecule has 0 atom stereocenters. The van der Waals surface area contributed by atoms with Gasteiger partial charge in [0.1, 0.15) is 17.3 Å². The van der Waals surface area contributed by atoms with E-state index in [9.17, 15) is 9.90 Å². The van der Waals surface area contributed by atoms with Gasteiger partial charge in [0, 0.05) is 17.2 Å². The lowest BCUT2D eigenvalue weighted by molar-refractivity contribution is -0.116. The molecule has 6 heteroatoms. The number of benzene rings is 2. The van der Waals surface area contributed by atoms with E-state index in [4.69, 9.17) is 4.74 Å². The van der Waals surface area contributed by atoms with Gasteiger partial charge >= 0.3 is 0 Å². The number of aromatic nitrogens is 2. The highest BCUT2D eigenvalue weighted by Gasteiger charge is 2.32. The van der Waals surface area contributed by atoms with E-state index in [1.807, 2.05) is 55.5 Å². The SMILES string of the molecule is Cc1cc(NC(=O)C2c3ccccc3Oc3ccccc32)n(CCO)n1. The quantitative estimate of drug-likeness (QED) is 0.759. The number of nitrogens with one attached hydrogen (secondary N) is 1. The molecule has 2 aromatic carbocycles. The molecule has 3 aromatic rings. The van der Waals surface area contributed by atoms with E-state index in [1.54, 1.807) is 10.7 Å². The molecule has 1 aliphatic rings. The predicted molar refractivity (Wildman–Crippen MR) is 97.5 cm³/mol. The number of hydrogen-bond donors (Lipinski definition) is 2. The van der Waals surface area contributed by atoms with Crippen molar-refractivity contribution in [3.63, 3.8) is 0 Å². The maximum Gasteiger partial charge on any atom is 0.237 e. The molecule has 132 valence electrons. The third kappa shape index (κ3) is 2.84. The van der Waals surface area contributed by atoms with Crippen molar-refractivity contribution < 1.29 is 14.6 Å². The van der Waals surface area contributed by atoms with Crippen LogP contribution in [0.25, 0.3) is 0 Å². The Morgan fingerprint density at radius 2 is 1.77 bits per heavy atom. The summed E-state index contributed by atoms with van der Waals surface area (Å²) in [5.74, 6) is 1.31. The first-order valence-corrected chi connectivity index (χ1v) is 8.49. The molecule has 0 aliphatic carbocycles. The highest BCUT2D eigenvalue weighted by atomic mass is 16.5. The Labute approximate surface area is 151 Å². The highest BCUT2D eigenvalue weighted by Crippen LogP contribution is 2.44. The fourth-order valence-corrected chi connectivity index (χ4v) is 3.30. The van der Waals surface area contributed by atoms with Gasteiger partial charge in [-0.05, 0) is 19.1 Å². The average molecular weight is 349 g/mol. The summed E-state index contributed by atoms with van der Waals surface area (Å²) in [6, 6.07) is 16.9. The summed E-state index contributed by atoms with van der Waals surface area (Å²) in [4.78, 5) is 13.2. The van der Waals surface area contributed by atoms with Crippen LogP contribution in [0.2, 0.25) is 0 Å². The van der Waals surface area contributed by atoms with E-state index in [1.165, 1.54) is 0 Å². The fraction of sp³-hybridized carbons (Fsp3) is 0.200. The van der Waals surface area contributed by atoms with E-state index >= 15 is 0 Å². The van der Waals surface area contributed by atoms with Gasteiger partial charge in [-0.3, -0.25) is 4.79 Å². The minimum absolute atomic E-state index is 0.0487. The molecule has 0 spiro atoms. The summed E-state index contributed by atoms with van der Waals surface area (Å²) in [5, 5.41) is 16.5. The van der Waals surface area contributed by atoms with E-state index in [0.717, 1.165) is 16.8 Å². The van der Waals surface area contributed by atoms with Crippen LogP contribution < -0.4 is 10.1 Å². The number of anilines is 1. The summed E-state index contributed by atoms with van der Waals surface area (Å²) >= 11 is 0. The lowest BCUT2D eigenvalue weighted by Crippen LogP contribution is -2.26. The number of aliphatic hydroxyl groups excluding tert-OH is 1. The van der Waals surface area contributed by atoms with Crippen LogP contribution in [0.15, 0.2) is 54.6 Å². The standard InChI is InChI=1S/C20H19N3O3/c1-13-12-18(23(22-13)10-11-24)21-20(25)19-14-6-2-4-8-16(14)26-17-9-5-3-7-15(17)19/h2-9,12,19,24H,10-11H2,1H3,(H,21,25).